The molecule has 1 aromatic carbocycles. The molecule has 1 aromatic rings. The van der Waals surface area contributed by atoms with Gasteiger partial charge < -0.3 is 10.1 Å². The first-order chi connectivity index (χ1) is 9.22. The maximum absolute atomic E-state index is 11.9. The fourth-order valence-corrected chi connectivity index (χ4v) is 2.12. The molecule has 19 heavy (non-hydrogen) atoms. The van der Waals surface area contributed by atoms with Gasteiger partial charge in [-0.1, -0.05) is 44.9 Å². The zero-order valence-electron chi connectivity index (χ0n) is 12.2. The molecule has 0 aliphatic rings. The van der Waals surface area contributed by atoms with Gasteiger partial charge in [0.05, 0.1) is 6.61 Å². The molecule has 0 heterocycles. The molecule has 0 aromatic heterocycles. The predicted molar refractivity (Wildman–Crippen MR) is 79.4 cm³/mol. The van der Waals surface area contributed by atoms with E-state index in [0.29, 0.717) is 6.61 Å². The lowest BCUT2D eigenvalue weighted by Gasteiger charge is -2.19. The van der Waals surface area contributed by atoms with Gasteiger partial charge in [0, 0.05) is 5.69 Å². The summed E-state index contributed by atoms with van der Waals surface area (Å²) in [4.78, 5) is 11.9. The van der Waals surface area contributed by atoms with Gasteiger partial charge in [-0.05, 0) is 31.4 Å². The number of para-hydroxylation sites is 1. The molecule has 1 N–H and O–H groups in total. The van der Waals surface area contributed by atoms with Crippen molar-refractivity contribution >= 4 is 11.7 Å². The Balaban J connectivity index is 2.80. The van der Waals surface area contributed by atoms with Crippen molar-refractivity contribution in [2.24, 2.45) is 0 Å². The summed E-state index contributed by atoms with van der Waals surface area (Å²) in [6.07, 6.45) is 3.85. The van der Waals surface area contributed by atoms with E-state index in [1.807, 2.05) is 25.1 Å². The summed E-state index contributed by atoms with van der Waals surface area (Å²) in [5.41, 5.74) is 2.31. The Morgan fingerprint density at radius 1 is 1.21 bits per heavy atom. The van der Waals surface area contributed by atoms with E-state index in [0.717, 1.165) is 31.4 Å². The van der Waals surface area contributed by atoms with Gasteiger partial charge in [0.1, 0.15) is 6.04 Å². The van der Waals surface area contributed by atoms with Crippen LogP contribution in [-0.4, -0.2) is 18.6 Å². The number of anilines is 1. The average Bonchev–Trinajstić information content (AvgIpc) is 2.41. The van der Waals surface area contributed by atoms with Crippen molar-refractivity contribution in [3.8, 4) is 0 Å². The fourth-order valence-electron chi connectivity index (χ4n) is 2.12. The first kappa shape index (κ1) is 15.5. The van der Waals surface area contributed by atoms with Crippen molar-refractivity contribution in [1.29, 1.82) is 0 Å². The summed E-state index contributed by atoms with van der Waals surface area (Å²) >= 11 is 0. The minimum absolute atomic E-state index is 0.157. The average molecular weight is 263 g/mol. The fraction of sp³-hybridized carbons (Fsp3) is 0.562. The van der Waals surface area contributed by atoms with Crippen molar-refractivity contribution in [3.05, 3.63) is 29.8 Å². The van der Waals surface area contributed by atoms with Gasteiger partial charge in [0.25, 0.3) is 0 Å². The van der Waals surface area contributed by atoms with E-state index in [-0.39, 0.29) is 12.0 Å². The van der Waals surface area contributed by atoms with Crippen molar-refractivity contribution in [2.75, 3.05) is 11.9 Å². The number of carbonyl (C=O) groups is 1. The second-order valence-electron chi connectivity index (χ2n) is 4.64. The number of ether oxygens (including phenoxy) is 1. The van der Waals surface area contributed by atoms with E-state index in [9.17, 15) is 4.79 Å². The minimum atomic E-state index is -0.247. The number of aryl methyl sites for hydroxylation is 1. The monoisotopic (exact) mass is 263 g/mol. The van der Waals surface area contributed by atoms with Crippen LogP contribution in [0, 0.1) is 0 Å². The summed E-state index contributed by atoms with van der Waals surface area (Å²) in [6.45, 7) is 6.50. The molecule has 0 aliphatic heterocycles. The highest BCUT2D eigenvalue weighted by molar-refractivity contribution is 5.79. The van der Waals surface area contributed by atoms with Gasteiger partial charge in [-0.15, -0.1) is 0 Å². The van der Waals surface area contributed by atoms with Crippen molar-refractivity contribution < 1.29 is 9.53 Å². The van der Waals surface area contributed by atoms with Crippen molar-refractivity contribution in [2.45, 2.75) is 52.5 Å². The van der Waals surface area contributed by atoms with E-state index in [1.54, 1.807) is 0 Å². The van der Waals surface area contributed by atoms with Crippen LogP contribution in [0.15, 0.2) is 24.3 Å². The maximum Gasteiger partial charge on any atom is 0.328 e. The van der Waals surface area contributed by atoms with Crippen molar-refractivity contribution in [3.63, 3.8) is 0 Å². The normalized spacial score (nSPS) is 11.9. The lowest BCUT2D eigenvalue weighted by atomic mass is 10.1. The Kier molecular flexibility index (Phi) is 7.01. The molecule has 0 radical (unpaired) electrons. The predicted octanol–water partition coefficient (Wildman–Crippen LogP) is 3.78. The quantitative estimate of drug-likeness (QED) is 0.725. The maximum atomic E-state index is 11.9. The van der Waals surface area contributed by atoms with E-state index in [1.165, 1.54) is 5.56 Å². The second kappa shape index (κ2) is 8.57. The molecule has 0 saturated carbocycles. The number of hydrogen-bond acceptors (Lipinski definition) is 3. The highest BCUT2D eigenvalue weighted by Gasteiger charge is 2.19. The van der Waals surface area contributed by atoms with Crippen LogP contribution in [0.3, 0.4) is 0 Å². The molecule has 3 heteroatoms. The summed E-state index contributed by atoms with van der Waals surface area (Å²) in [6, 6.07) is 7.93. The lowest BCUT2D eigenvalue weighted by Crippen LogP contribution is -2.31. The van der Waals surface area contributed by atoms with Gasteiger partial charge in [-0.2, -0.15) is 0 Å². The largest absolute Gasteiger partial charge is 0.464 e. The second-order valence-corrected chi connectivity index (χ2v) is 4.64. The van der Waals surface area contributed by atoms with Crippen LogP contribution < -0.4 is 5.32 Å². The Labute approximate surface area is 116 Å². The van der Waals surface area contributed by atoms with Crippen LogP contribution in [0.5, 0.6) is 0 Å². The Hall–Kier alpha value is -1.51. The molecule has 0 bridgehead atoms. The number of rotatable bonds is 8. The van der Waals surface area contributed by atoms with E-state index in [4.69, 9.17) is 4.74 Å². The molecule has 0 aliphatic carbocycles. The number of benzene rings is 1. The standard InChI is InChI=1S/C16H25NO2/c1-4-9-13-11-7-8-12-14(13)17-15(10-5-2)16(18)19-6-3/h7-8,11-12,15,17H,4-6,9-10H2,1-3H3. The Morgan fingerprint density at radius 3 is 2.58 bits per heavy atom. The molecule has 1 rings (SSSR count). The molecule has 3 nitrogen and oxygen atoms in total. The first-order valence-electron chi connectivity index (χ1n) is 7.23. The number of esters is 1. The van der Waals surface area contributed by atoms with Crippen molar-refractivity contribution in [1.82, 2.24) is 0 Å². The number of carbonyl (C=O) groups excluding carboxylic acids is 1. The van der Waals surface area contributed by atoms with Gasteiger partial charge >= 0.3 is 5.97 Å². The molecule has 1 unspecified atom stereocenters. The van der Waals surface area contributed by atoms with Crippen LogP contribution >= 0.6 is 0 Å². The zero-order valence-corrected chi connectivity index (χ0v) is 12.2. The third-order valence-corrected chi connectivity index (χ3v) is 3.01. The molecule has 0 amide bonds. The molecule has 0 saturated heterocycles. The molecule has 106 valence electrons. The Morgan fingerprint density at radius 2 is 1.95 bits per heavy atom. The summed E-state index contributed by atoms with van der Waals surface area (Å²) in [5.74, 6) is -0.157. The van der Waals surface area contributed by atoms with E-state index < -0.39 is 0 Å². The Bertz CT molecular complexity index is 390. The van der Waals surface area contributed by atoms with Crippen LogP contribution in [0.25, 0.3) is 0 Å². The molecular weight excluding hydrogens is 238 g/mol. The molecular formula is C16H25NO2. The first-order valence-corrected chi connectivity index (χ1v) is 7.23. The zero-order chi connectivity index (χ0) is 14.1. The van der Waals surface area contributed by atoms with Gasteiger partial charge in [0.2, 0.25) is 0 Å². The number of nitrogens with one attached hydrogen (secondary N) is 1. The highest BCUT2D eigenvalue weighted by atomic mass is 16.5. The minimum Gasteiger partial charge on any atom is -0.464 e. The summed E-state index contributed by atoms with van der Waals surface area (Å²) in [7, 11) is 0. The van der Waals surface area contributed by atoms with Gasteiger partial charge in [0.15, 0.2) is 0 Å². The third kappa shape index (κ3) is 4.93. The van der Waals surface area contributed by atoms with Crippen LogP contribution in [0.2, 0.25) is 0 Å². The van der Waals surface area contributed by atoms with Crippen LogP contribution in [0.4, 0.5) is 5.69 Å². The van der Waals surface area contributed by atoms with Crippen LogP contribution in [0.1, 0.15) is 45.6 Å². The lowest BCUT2D eigenvalue weighted by molar-refractivity contribution is -0.144. The summed E-state index contributed by atoms with van der Waals surface area (Å²) in [5, 5.41) is 3.34. The SMILES string of the molecule is CCCc1ccccc1NC(CCC)C(=O)OCC. The smallest absolute Gasteiger partial charge is 0.328 e. The molecule has 0 spiro atoms. The topological polar surface area (TPSA) is 38.3 Å². The van der Waals surface area contributed by atoms with Gasteiger partial charge in [-0.25, -0.2) is 4.79 Å². The van der Waals surface area contributed by atoms with E-state index >= 15 is 0 Å². The number of hydrogen-bond donors (Lipinski definition) is 1. The third-order valence-electron chi connectivity index (χ3n) is 3.01. The molecule has 1 atom stereocenters. The molecule has 0 fully saturated rings. The summed E-state index contributed by atoms with van der Waals surface area (Å²) < 4.78 is 5.13. The van der Waals surface area contributed by atoms with Crippen LogP contribution in [-0.2, 0) is 16.0 Å². The van der Waals surface area contributed by atoms with Gasteiger partial charge in [-0.3, -0.25) is 0 Å². The highest BCUT2D eigenvalue weighted by Crippen LogP contribution is 2.19. The van der Waals surface area contributed by atoms with E-state index in [2.05, 4.69) is 25.2 Å².